The second-order valence-electron chi connectivity index (χ2n) is 6.09. The van der Waals surface area contributed by atoms with Gasteiger partial charge in [-0.2, -0.15) is 4.31 Å². The van der Waals surface area contributed by atoms with Crippen molar-refractivity contribution in [2.45, 2.75) is 11.2 Å². The molecule has 7 nitrogen and oxygen atoms in total. The molecule has 0 radical (unpaired) electrons. The molecule has 3 aromatic rings. The molecule has 0 atom stereocenters. The summed E-state index contributed by atoms with van der Waals surface area (Å²) in [6, 6.07) is 14.6. The van der Waals surface area contributed by atoms with Crippen molar-refractivity contribution in [2.24, 2.45) is 0 Å². The first kappa shape index (κ1) is 17.2. The molecule has 1 aromatic heterocycles. The minimum atomic E-state index is -3.65. The number of fused-ring (bicyclic) bond motifs is 1. The molecule has 136 valence electrons. The lowest BCUT2D eigenvalue weighted by molar-refractivity contribution is -0.0482. The van der Waals surface area contributed by atoms with Crippen LogP contribution < -0.4 is 0 Å². The third-order valence-electron chi connectivity index (χ3n) is 4.31. The molecule has 0 amide bonds. The lowest BCUT2D eigenvalue weighted by Gasteiger charge is -2.20. The van der Waals surface area contributed by atoms with Crippen molar-refractivity contribution in [3.8, 4) is 11.4 Å². The molecule has 1 N–H and O–H groups in total. The molecule has 0 aliphatic carbocycles. The molecule has 0 unspecified atom stereocenters. The number of sulfonamides is 1. The van der Waals surface area contributed by atoms with Crippen LogP contribution in [0.2, 0.25) is 0 Å². The van der Waals surface area contributed by atoms with Crippen LogP contribution in [0.5, 0.6) is 0 Å². The molecule has 26 heavy (non-hydrogen) atoms. The van der Waals surface area contributed by atoms with E-state index in [1.54, 1.807) is 18.2 Å². The molecule has 0 bridgehead atoms. The highest BCUT2D eigenvalue weighted by atomic mass is 32.2. The van der Waals surface area contributed by atoms with E-state index in [9.17, 15) is 8.42 Å². The predicted molar refractivity (Wildman–Crippen MR) is 97.0 cm³/mol. The highest BCUT2D eigenvalue weighted by molar-refractivity contribution is 7.89. The molecule has 0 saturated carbocycles. The maximum Gasteiger partial charge on any atom is 0.243 e. The van der Waals surface area contributed by atoms with Crippen molar-refractivity contribution in [1.82, 2.24) is 14.3 Å². The normalized spacial score (nSPS) is 15.9. The first-order valence-corrected chi connectivity index (χ1v) is 9.73. The summed E-state index contributed by atoms with van der Waals surface area (Å²) >= 11 is 0. The van der Waals surface area contributed by atoms with Gasteiger partial charge in [0.05, 0.1) is 35.7 Å². The van der Waals surface area contributed by atoms with E-state index in [0.717, 1.165) is 5.56 Å². The molecule has 2 heterocycles. The number of nitrogens with zero attached hydrogens (tertiary/aromatic N) is 2. The van der Waals surface area contributed by atoms with Crippen molar-refractivity contribution in [1.29, 1.82) is 0 Å². The SMILES string of the molecule is CN(CC1OCCO1)S(=O)(=O)c1ccc2nc(-c3ccccc3)[nH]c2c1. The van der Waals surface area contributed by atoms with Gasteiger partial charge in [0.2, 0.25) is 10.0 Å². The Labute approximate surface area is 151 Å². The highest BCUT2D eigenvalue weighted by Crippen LogP contribution is 2.24. The summed E-state index contributed by atoms with van der Waals surface area (Å²) in [5.74, 6) is 0.705. The van der Waals surface area contributed by atoms with E-state index in [0.29, 0.717) is 30.1 Å². The number of rotatable bonds is 5. The lowest BCUT2D eigenvalue weighted by atomic mass is 10.2. The Morgan fingerprint density at radius 2 is 1.88 bits per heavy atom. The van der Waals surface area contributed by atoms with Crippen LogP contribution in [0.4, 0.5) is 0 Å². The van der Waals surface area contributed by atoms with E-state index in [1.807, 2.05) is 30.3 Å². The van der Waals surface area contributed by atoms with Gasteiger partial charge in [-0.3, -0.25) is 0 Å². The number of aromatic amines is 1. The Balaban J connectivity index is 1.63. The van der Waals surface area contributed by atoms with Crippen molar-refractivity contribution in [2.75, 3.05) is 26.8 Å². The van der Waals surface area contributed by atoms with E-state index in [1.165, 1.54) is 11.4 Å². The maximum absolute atomic E-state index is 12.8. The average Bonchev–Trinajstić information content (AvgIpc) is 3.31. The van der Waals surface area contributed by atoms with Gasteiger partial charge < -0.3 is 14.5 Å². The van der Waals surface area contributed by atoms with Gasteiger partial charge in [-0.25, -0.2) is 13.4 Å². The summed E-state index contributed by atoms with van der Waals surface area (Å²) in [7, 11) is -2.13. The molecular weight excluding hydrogens is 354 g/mol. The van der Waals surface area contributed by atoms with E-state index in [4.69, 9.17) is 9.47 Å². The van der Waals surface area contributed by atoms with E-state index in [-0.39, 0.29) is 11.4 Å². The second kappa shape index (κ2) is 6.81. The van der Waals surface area contributed by atoms with Crippen molar-refractivity contribution < 1.29 is 17.9 Å². The molecule has 1 fully saturated rings. The third-order valence-corrected chi connectivity index (χ3v) is 6.13. The number of ether oxygens (including phenoxy) is 2. The van der Waals surface area contributed by atoms with Gasteiger partial charge in [0.15, 0.2) is 6.29 Å². The molecule has 1 saturated heterocycles. The van der Waals surface area contributed by atoms with Crippen LogP contribution in [0.3, 0.4) is 0 Å². The van der Waals surface area contributed by atoms with E-state index < -0.39 is 16.3 Å². The zero-order valence-corrected chi connectivity index (χ0v) is 15.1. The van der Waals surface area contributed by atoms with Crippen LogP contribution in [0.15, 0.2) is 53.4 Å². The van der Waals surface area contributed by atoms with Crippen LogP contribution in [0, 0.1) is 0 Å². The Hall–Kier alpha value is -2.26. The molecular formula is C18H19N3O4S. The number of nitrogens with one attached hydrogen (secondary N) is 1. The zero-order valence-electron chi connectivity index (χ0n) is 14.3. The van der Waals surface area contributed by atoms with Crippen LogP contribution in [0.1, 0.15) is 0 Å². The summed E-state index contributed by atoms with van der Waals surface area (Å²) < 4.78 is 37.6. The van der Waals surface area contributed by atoms with Crippen LogP contribution >= 0.6 is 0 Å². The highest BCUT2D eigenvalue weighted by Gasteiger charge is 2.27. The smallest absolute Gasteiger partial charge is 0.243 e. The van der Waals surface area contributed by atoms with Crippen LogP contribution in [0.25, 0.3) is 22.4 Å². The van der Waals surface area contributed by atoms with Crippen molar-refractivity contribution in [3.63, 3.8) is 0 Å². The van der Waals surface area contributed by atoms with Crippen molar-refractivity contribution >= 4 is 21.1 Å². The Morgan fingerprint density at radius 1 is 1.15 bits per heavy atom. The van der Waals surface area contributed by atoms with Gasteiger partial charge in [0.25, 0.3) is 0 Å². The number of imidazole rings is 1. The van der Waals surface area contributed by atoms with Crippen molar-refractivity contribution in [3.05, 3.63) is 48.5 Å². The molecule has 0 spiro atoms. The predicted octanol–water partition coefficient (Wildman–Crippen LogP) is 2.22. The van der Waals surface area contributed by atoms with Gasteiger partial charge in [0, 0.05) is 12.6 Å². The van der Waals surface area contributed by atoms with Crippen LogP contribution in [-0.2, 0) is 19.5 Å². The average molecular weight is 373 g/mol. The van der Waals surface area contributed by atoms with Gasteiger partial charge >= 0.3 is 0 Å². The number of hydrogen-bond acceptors (Lipinski definition) is 5. The summed E-state index contributed by atoms with van der Waals surface area (Å²) in [4.78, 5) is 7.93. The summed E-state index contributed by atoms with van der Waals surface area (Å²) in [5, 5.41) is 0. The fourth-order valence-corrected chi connectivity index (χ4v) is 4.07. The molecule has 8 heteroatoms. The minimum Gasteiger partial charge on any atom is -0.349 e. The Morgan fingerprint density at radius 3 is 2.62 bits per heavy atom. The Bertz CT molecular complexity index is 1010. The quantitative estimate of drug-likeness (QED) is 0.741. The first-order valence-electron chi connectivity index (χ1n) is 8.29. The number of hydrogen-bond donors (Lipinski definition) is 1. The summed E-state index contributed by atoms with van der Waals surface area (Å²) in [6.07, 6.45) is -0.518. The zero-order chi connectivity index (χ0) is 18.1. The third kappa shape index (κ3) is 3.24. The molecule has 1 aliphatic rings. The largest absolute Gasteiger partial charge is 0.349 e. The van der Waals surface area contributed by atoms with E-state index in [2.05, 4.69) is 9.97 Å². The maximum atomic E-state index is 12.8. The van der Waals surface area contributed by atoms with Gasteiger partial charge in [-0.1, -0.05) is 30.3 Å². The minimum absolute atomic E-state index is 0.151. The number of benzene rings is 2. The summed E-state index contributed by atoms with van der Waals surface area (Å²) in [6.45, 7) is 1.13. The van der Waals surface area contributed by atoms with Gasteiger partial charge in [-0.15, -0.1) is 0 Å². The van der Waals surface area contributed by atoms with E-state index >= 15 is 0 Å². The topological polar surface area (TPSA) is 84.5 Å². The fourth-order valence-electron chi connectivity index (χ4n) is 2.88. The fraction of sp³-hybridized carbons (Fsp3) is 0.278. The summed E-state index contributed by atoms with van der Waals surface area (Å²) in [5.41, 5.74) is 2.33. The second-order valence-corrected chi connectivity index (χ2v) is 8.13. The van der Waals surface area contributed by atoms with Gasteiger partial charge in [-0.05, 0) is 18.2 Å². The molecule has 4 rings (SSSR count). The standard InChI is InChI=1S/C18H19N3O4S/c1-21(12-17-24-9-10-25-17)26(22,23)14-7-8-15-16(11-14)20-18(19-15)13-5-3-2-4-6-13/h2-8,11,17H,9-10,12H2,1H3,(H,19,20). The number of H-pyrrole nitrogens is 1. The number of aromatic nitrogens is 2. The van der Waals surface area contributed by atoms with Crippen LogP contribution in [-0.4, -0.2) is 55.8 Å². The first-order chi connectivity index (χ1) is 12.5. The number of likely N-dealkylation sites (N-methyl/N-ethyl adjacent to an activating group) is 1. The monoisotopic (exact) mass is 373 g/mol. The Kier molecular flexibility index (Phi) is 4.49. The van der Waals surface area contributed by atoms with Gasteiger partial charge in [0.1, 0.15) is 5.82 Å². The molecule has 2 aromatic carbocycles. The lowest BCUT2D eigenvalue weighted by Crippen LogP contribution is -2.34. The molecule has 1 aliphatic heterocycles.